The Bertz CT molecular complexity index is 275. The molecule has 0 unspecified atom stereocenters. The second-order valence-electron chi connectivity index (χ2n) is 5.72. The van der Waals surface area contributed by atoms with Gasteiger partial charge in [-0.1, -0.05) is 95.8 Å². The van der Waals surface area contributed by atoms with Gasteiger partial charge >= 0.3 is 29.6 Å². The fourth-order valence-corrected chi connectivity index (χ4v) is 2.27. The summed E-state index contributed by atoms with van der Waals surface area (Å²) < 4.78 is 0. The molecule has 0 bridgehead atoms. The molecule has 0 fully saturated rings. The first kappa shape index (κ1) is 24.3. The largest absolute Gasteiger partial charge is 1.00 e. The van der Waals surface area contributed by atoms with Gasteiger partial charge in [-0.3, -0.25) is 0 Å². The second-order valence-corrected chi connectivity index (χ2v) is 5.72. The van der Waals surface area contributed by atoms with Gasteiger partial charge in [0.1, 0.15) is 5.75 Å². The van der Waals surface area contributed by atoms with Crippen LogP contribution in [0, 0.1) is 6.92 Å². The Balaban J connectivity index is 0. The molecule has 1 rings (SSSR count). The van der Waals surface area contributed by atoms with Gasteiger partial charge in [0.2, 0.25) is 0 Å². The van der Waals surface area contributed by atoms with Crippen molar-refractivity contribution in [1.82, 2.24) is 0 Å². The van der Waals surface area contributed by atoms with Crippen LogP contribution in [0.2, 0.25) is 0 Å². The smallest absolute Gasteiger partial charge is 0.508 e. The number of hydrogen-bond acceptors (Lipinski definition) is 1. The number of benzene rings is 1. The Kier molecular flexibility index (Phi) is 23.2. The molecule has 2 heteroatoms. The summed E-state index contributed by atoms with van der Waals surface area (Å²) in [5, 5.41) is 8.63. The van der Waals surface area contributed by atoms with E-state index in [1.165, 1.54) is 70.6 Å². The summed E-state index contributed by atoms with van der Waals surface area (Å²) in [7, 11) is 0. The van der Waals surface area contributed by atoms with E-state index < -0.39 is 0 Å². The number of aromatic hydroxyl groups is 1. The minimum atomic E-state index is 0. The number of para-hydroxylation sites is 1. The Morgan fingerprint density at radius 1 is 0.727 bits per heavy atom. The summed E-state index contributed by atoms with van der Waals surface area (Å²) in [4.78, 5) is 0. The van der Waals surface area contributed by atoms with E-state index in [4.69, 9.17) is 5.11 Å². The van der Waals surface area contributed by atoms with Crippen molar-refractivity contribution in [3.63, 3.8) is 0 Å². The molecule has 1 N–H and O–H groups in total. The van der Waals surface area contributed by atoms with Crippen LogP contribution in [0.5, 0.6) is 5.75 Å². The first-order valence-corrected chi connectivity index (χ1v) is 8.84. The van der Waals surface area contributed by atoms with E-state index in [-0.39, 0.29) is 29.6 Å². The molecule has 122 valence electrons. The Morgan fingerprint density at radius 3 is 1.45 bits per heavy atom. The molecule has 0 aliphatic rings. The van der Waals surface area contributed by atoms with Gasteiger partial charge in [-0.15, -0.1) is 0 Å². The van der Waals surface area contributed by atoms with Gasteiger partial charge in [-0.25, -0.2) is 0 Å². The van der Waals surface area contributed by atoms with Crippen LogP contribution >= 0.6 is 0 Å². The van der Waals surface area contributed by atoms with Crippen molar-refractivity contribution in [1.29, 1.82) is 0 Å². The van der Waals surface area contributed by atoms with Gasteiger partial charge in [0.25, 0.3) is 0 Å². The predicted octanol–water partition coefficient (Wildman–Crippen LogP) is 3.92. The second kappa shape index (κ2) is 21.0. The Labute approximate surface area is 161 Å². The zero-order valence-corrected chi connectivity index (χ0v) is 17.0. The normalized spacial score (nSPS) is 9.55. The molecule has 0 atom stereocenters. The molecule has 1 aromatic carbocycles. The van der Waals surface area contributed by atoms with Crippen LogP contribution in [0.25, 0.3) is 0 Å². The van der Waals surface area contributed by atoms with Crippen molar-refractivity contribution in [2.75, 3.05) is 0 Å². The van der Waals surface area contributed by atoms with Crippen molar-refractivity contribution in [2.45, 2.75) is 84.0 Å². The van der Waals surface area contributed by atoms with Crippen LogP contribution in [-0.2, 0) is 0 Å². The molecule has 0 amide bonds. The minimum absolute atomic E-state index is 0. The first-order valence-electron chi connectivity index (χ1n) is 8.84. The van der Waals surface area contributed by atoms with Gasteiger partial charge in [-0.2, -0.15) is 6.42 Å². The molecular weight excluding hydrogens is 279 g/mol. The molecule has 0 aliphatic carbocycles. The summed E-state index contributed by atoms with van der Waals surface area (Å²) in [5.74, 6) is 0.322. The average Bonchev–Trinajstić information content (AvgIpc) is 2.51. The fraction of sp³-hybridized carbons (Fsp3) is 0.650. The quantitative estimate of drug-likeness (QED) is 0.373. The summed E-state index contributed by atoms with van der Waals surface area (Å²) in [6.45, 7) is 6.14. The van der Waals surface area contributed by atoms with Crippen molar-refractivity contribution in [3.05, 3.63) is 37.3 Å². The van der Waals surface area contributed by atoms with Crippen LogP contribution in [0.3, 0.4) is 0 Å². The number of rotatable bonds is 11. The van der Waals surface area contributed by atoms with Crippen LogP contribution in [0.1, 0.15) is 84.0 Å². The van der Waals surface area contributed by atoms with Crippen molar-refractivity contribution in [2.24, 2.45) is 0 Å². The molecule has 0 aromatic heterocycles. The molecule has 0 heterocycles. The molecule has 0 saturated heterocycles. The summed E-state index contributed by atoms with van der Waals surface area (Å²) in [6.07, 6.45) is 16.9. The first-order chi connectivity index (χ1) is 10.3. The van der Waals surface area contributed by atoms with E-state index >= 15 is 0 Å². The van der Waals surface area contributed by atoms with Crippen LogP contribution in [0.15, 0.2) is 30.3 Å². The third-order valence-electron chi connectivity index (χ3n) is 3.61. The molecule has 0 spiro atoms. The molecule has 1 nitrogen and oxygen atoms in total. The number of unbranched alkanes of at least 4 members (excludes halogenated alkanes) is 11. The van der Waals surface area contributed by atoms with Crippen LogP contribution < -0.4 is 29.6 Å². The Morgan fingerprint density at radius 2 is 1.14 bits per heavy atom. The molecular formula is C20H35NaO. The zero-order valence-electron chi connectivity index (χ0n) is 15.0. The van der Waals surface area contributed by atoms with E-state index in [1.807, 2.05) is 6.07 Å². The number of phenols is 1. The van der Waals surface area contributed by atoms with Gasteiger partial charge < -0.3 is 12.0 Å². The van der Waals surface area contributed by atoms with Crippen molar-refractivity contribution < 1.29 is 34.7 Å². The SMILES string of the molecule is Oc1ccccc1.[CH2-]CCCCCCCCCCCCC.[Na+]. The summed E-state index contributed by atoms with van der Waals surface area (Å²) in [5.41, 5.74) is 0. The summed E-state index contributed by atoms with van der Waals surface area (Å²) in [6, 6.07) is 8.71. The van der Waals surface area contributed by atoms with E-state index in [0.717, 1.165) is 6.42 Å². The monoisotopic (exact) mass is 314 g/mol. The third-order valence-corrected chi connectivity index (χ3v) is 3.61. The maximum atomic E-state index is 8.63. The standard InChI is InChI=1S/C14H29.C6H6O.Na/c1-3-5-7-9-11-13-14-12-10-8-6-4-2;7-6-4-2-1-3-5-6;/h1,3-14H2,2H3;1-5,7H;/q-1;;+1. The average molecular weight is 314 g/mol. The maximum Gasteiger partial charge on any atom is 1.00 e. The van der Waals surface area contributed by atoms with Gasteiger partial charge in [-0.05, 0) is 12.1 Å². The molecule has 0 aliphatic heterocycles. The molecule has 22 heavy (non-hydrogen) atoms. The van der Waals surface area contributed by atoms with E-state index in [1.54, 1.807) is 24.3 Å². The van der Waals surface area contributed by atoms with Gasteiger partial charge in [0.15, 0.2) is 0 Å². The number of hydrogen-bond donors (Lipinski definition) is 1. The molecule has 0 radical (unpaired) electrons. The maximum absolute atomic E-state index is 8.63. The third kappa shape index (κ3) is 20.0. The van der Waals surface area contributed by atoms with E-state index in [0.29, 0.717) is 5.75 Å². The summed E-state index contributed by atoms with van der Waals surface area (Å²) >= 11 is 0. The van der Waals surface area contributed by atoms with E-state index in [9.17, 15) is 0 Å². The predicted molar refractivity (Wildman–Crippen MR) is 94.5 cm³/mol. The topological polar surface area (TPSA) is 20.2 Å². The van der Waals surface area contributed by atoms with Crippen LogP contribution in [0.4, 0.5) is 0 Å². The van der Waals surface area contributed by atoms with Crippen molar-refractivity contribution in [3.8, 4) is 5.75 Å². The van der Waals surface area contributed by atoms with Crippen molar-refractivity contribution >= 4 is 0 Å². The van der Waals surface area contributed by atoms with Gasteiger partial charge in [0, 0.05) is 0 Å². The van der Waals surface area contributed by atoms with Crippen LogP contribution in [-0.4, -0.2) is 5.11 Å². The molecule has 1 aromatic rings. The Hall–Kier alpha value is 0.0200. The number of phenolic OH excluding ortho intramolecular Hbond substituents is 1. The van der Waals surface area contributed by atoms with E-state index in [2.05, 4.69) is 13.8 Å². The van der Waals surface area contributed by atoms with Gasteiger partial charge in [0.05, 0.1) is 0 Å². The zero-order chi connectivity index (χ0) is 15.6. The minimum Gasteiger partial charge on any atom is -0.508 e. The molecule has 0 saturated carbocycles. The fourth-order valence-electron chi connectivity index (χ4n) is 2.27.